The molecule has 1 N–H and O–H groups in total. The van der Waals surface area contributed by atoms with Gasteiger partial charge in [0.2, 0.25) is 5.01 Å². The third kappa shape index (κ3) is 2.04. The summed E-state index contributed by atoms with van der Waals surface area (Å²) in [5, 5.41) is 11.2. The Morgan fingerprint density at radius 3 is 2.75 bits per heavy atom. The van der Waals surface area contributed by atoms with Gasteiger partial charge in [-0.2, -0.15) is 0 Å². The predicted octanol–water partition coefficient (Wildman–Crippen LogP) is 3.82. The highest BCUT2D eigenvalue weighted by atomic mass is 35.5. The minimum atomic E-state index is -1.05. The van der Waals surface area contributed by atoms with E-state index in [9.17, 15) is 4.79 Å². The maximum Gasteiger partial charge on any atom is 0.365 e. The zero-order valence-corrected chi connectivity index (χ0v) is 10.1. The van der Waals surface area contributed by atoms with Crippen molar-refractivity contribution in [3.8, 4) is 11.3 Å². The molecule has 0 unspecified atom stereocenters. The van der Waals surface area contributed by atoms with Crippen molar-refractivity contribution in [1.82, 2.24) is 4.98 Å². The Balaban J connectivity index is 2.50. The van der Waals surface area contributed by atoms with E-state index in [-0.39, 0.29) is 5.01 Å². The summed E-state index contributed by atoms with van der Waals surface area (Å²) in [4.78, 5) is 14.6. The van der Waals surface area contributed by atoms with Crippen molar-refractivity contribution >= 4 is 40.5 Å². The van der Waals surface area contributed by atoms with Crippen LogP contribution in [0.5, 0.6) is 0 Å². The Labute approximate surface area is 105 Å². The van der Waals surface area contributed by atoms with Crippen LogP contribution in [-0.2, 0) is 0 Å². The average molecular weight is 274 g/mol. The lowest BCUT2D eigenvalue weighted by atomic mass is 10.2. The first-order valence-corrected chi connectivity index (χ1v) is 5.86. The van der Waals surface area contributed by atoms with Crippen molar-refractivity contribution in [3.63, 3.8) is 0 Å². The maximum absolute atomic E-state index is 10.7. The smallest absolute Gasteiger partial charge is 0.365 e. The molecule has 2 rings (SSSR count). The van der Waals surface area contributed by atoms with Crippen molar-refractivity contribution in [2.45, 2.75) is 0 Å². The summed E-state index contributed by atoms with van der Waals surface area (Å²) in [6, 6.07) is 5.15. The standard InChI is InChI=1S/C10H5Cl2NO2S/c11-6-3-1-2-5(8(6)12)7-4-16-9(13-7)10(14)15/h1-4H,(H,14,15). The molecule has 0 bridgehead atoms. The van der Waals surface area contributed by atoms with Gasteiger partial charge in [-0.1, -0.05) is 35.3 Å². The van der Waals surface area contributed by atoms with Gasteiger partial charge < -0.3 is 5.11 Å². The van der Waals surface area contributed by atoms with Gasteiger partial charge >= 0.3 is 5.97 Å². The second kappa shape index (κ2) is 4.41. The number of rotatable bonds is 2. The summed E-state index contributed by atoms with van der Waals surface area (Å²) < 4.78 is 0. The Morgan fingerprint density at radius 2 is 2.12 bits per heavy atom. The van der Waals surface area contributed by atoms with Crippen LogP contribution in [0.3, 0.4) is 0 Å². The molecule has 0 saturated carbocycles. The maximum atomic E-state index is 10.7. The van der Waals surface area contributed by atoms with Gasteiger partial charge in [-0.3, -0.25) is 0 Å². The molecular weight excluding hydrogens is 269 g/mol. The molecule has 0 aliphatic rings. The zero-order chi connectivity index (χ0) is 11.7. The third-order valence-electron chi connectivity index (χ3n) is 1.91. The van der Waals surface area contributed by atoms with Crippen LogP contribution in [0.1, 0.15) is 9.80 Å². The van der Waals surface area contributed by atoms with Gasteiger partial charge in [-0.25, -0.2) is 9.78 Å². The highest BCUT2D eigenvalue weighted by Gasteiger charge is 2.13. The van der Waals surface area contributed by atoms with Crippen LogP contribution in [0.15, 0.2) is 23.6 Å². The number of hydrogen-bond acceptors (Lipinski definition) is 3. The Morgan fingerprint density at radius 1 is 1.38 bits per heavy atom. The van der Waals surface area contributed by atoms with Crippen LogP contribution in [-0.4, -0.2) is 16.1 Å². The highest BCUT2D eigenvalue weighted by molar-refractivity contribution is 7.11. The van der Waals surface area contributed by atoms with E-state index in [0.717, 1.165) is 11.3 Å². The van der Waals surface area contributed by atoms with Gasteiger partial charge in [0, 0.05) is 10.9 Å². The van der Waals surface area contributed by atoms with Crippen molar-refractivity contribution < 1.29 is 9.90 Å². The number of hydrogen-bond donors (Lipinski definition) is 1. The number of halogens is 2. The normalized spacial score (nSPS) is 10.4. The van der Waals surface area contributed by atoms with Gasteiger partial charge in [-0.05, 0) is 6.07 Å². The molecule has 0 atom stereocenters. The second-order valence-electron chi connectivity index (χ2n) is 2.94. The summed E-state index contributed by atoms with van der Waals surface area (Å²) in [6.07, 6.45) is 0. The number of carboxylic acid groups (broad SMARTS) is 1. The summed E-state index contributed by atoms with van der Waals surface area (Å²) in [5.41, 5.74) is 1.16. The fourth-order valence-corrected chi connectivity index (χ4v) is 2.25. The number of nitrogens with zero attached hydrogens (tertiary/aromatic N) is 1. The largest absolute Gasteiger partial charge is 0.476 e. The van der Waals surface area contributed by atoms with Gasteiger partial charge in [0.05, 0.1) is 15.7 Å². The van der Waals surface area contributed by atoms with E-state index >= 15 is 0 Å². The van der Waals surface area contributed by atoms with Crippen LogP contribution >= 0.6 is 34.5 Å². The monoisotopic (exact) mass is 273 g/mol. The lowest BCUT2D eigenvalue weighted by Gasteiger charge is -2.01. The average Bonchev–Trinajstić information content (AvgIpc) is 2.71. The molecule has 1 aromatic carbocycles. The molecule has 0 aliphatic carbocycles. The Hall–Kier alpha value is -1.10. The van der Waals surface area contributed by atoms with E-state index < -0.39 is 5.97 Å². The molecule has 0 radical (unpaired) electrons. The first-order valence-electron chi connectivity index (χ1n) is 4.23. The number of carboxylic acids is 1. The van der Waals surface area contributed by atoms with Crippen LogP contribution < -0.4 is 0 Å². The number of aromatic carboxylic acids is 1. The first-order chi connectivity index (χ1) is 7.59. The van der Waals surface area contributed by atoms with Gasteiger partial charge in [-0.15, -0.1) is 11.3 Å². The van der Waals surface area contributed by atoms with Crippen molar-refractivity contribution in [2.75, 3.05) is 0 Å². The molecule has 16 heavy (non-hydrogen) atoms. The molecule has 1 aromatic heterocycles. The molecule has 0 fully saturated rings. The number of benzene rings is 1. The molecule has 0 amide bonds. The van der Waals surface area contributed by atoms with Gasteiger partial charge in [0.25, 0.3) is 0 Å². The van der Waals surface area contributed by atoms with Crippen LogP contribution in [0.2, 0.25) is 10.0 Å². The van der Waals surface area contributed by atoms with Gasteiger partial charge in [0.1, 0.15) is 0 Å². The van der Waals surface area contributed by atoms with E-state index in [4.69, 9.17) is 28.3 Å². The van der Waals surface area contributed by atoms with Crippen LogP contribution in [0, 0.1) is 0 Å². The van der Waals surface area contributed by atoms with Gasteiger partial charge in [0.15, 0.2) is 0 Å². The predicted molar refractivity (Wildman–Crippen MR) is 64.5 cm³/mol. The Kier molecular flexibility index (Phi) is 3.14. The summed E-state index contributed by atoms with van der Waals surface area (Å²) in [6.45, 7) is 0. The molecule has 82 valence electrons. The third-order valence-corrected chi connectivity index (χ3v) is 3.56. The highest BCUT2D eigenvalue weighted by Crippen LogP contribution is 2.33. The summed E-state index contributed by atoms with van der Waals surface area (Å²) in [7, 11) is 0. The fraction of sp³-hybridized carbons (Fsp3) is 0. The molecule has 3 nitrogen and oxygen atoms in total. The number of carbonyl (C=O) groups is 1. The SMILES string of the molecule is O=C(O)c1nc(-c2cccc(Cl)c2Cl)cs1. The number of thiazole rings is 1. The van der Waals surface area contributed by atoms with Crippen molar-refractivity contribution in [1.29, 1.82) is 0 Å². The molecule has 0 aliphatic heterocycles. The molecule has 0 saturated heterocycles. The molecular formula is C10H5Cl2NO2S. The summed E-state index contributed by atoms with van der Waals surface area (Å²) >= 11 is 12.9. The van der Waals surface area contributed by atoms with Crippen LogP contribution in [0.25, 0.3) is 11.3 Å². The lowest BCUT2D eigenvalue weighted by molar-refractivity contribution is 0.0696. The van der Waals surface area contributed by atoms with E-state index in [1.54, 1.807) is 23.6 Å². The van der Waals surface area contributed by atoms with Crippen molar-refractivity contribution in [2.24, 2.45) is 0 Å². The quantitative estimate of drug-likeness (QED) is 0.905. The summed E-state index contributed by atoms with van der Waals surface area (Å²) in [5.74, 6) is -1.05. The lowest BCUT2D eigenvalue weighted by Crippen LogP contribution is -1.94. The molecule has 1 heterocycles. The van der Waals surface area contributed by atoms with E-state index in [0.29, 0.717) is 21.3 Å². The first kappa shape index (κ1) is 11.4. The van der Waals surface area contributed by atoms with E-state index in [1.165, 1.54) is 0 Å². The fourth-order valence-electron chi connectivity index (χ4n) is 1.20. The van der Waals surface area contributed by atoms with Crippen molar-refractivity contribution in [3.05, 3.63) is 38.6 Å². The second-order valence-corrected chi connectivity index (χ2v) is 4.59. The van der Waals surface area contributed by atoms with E-state index in [1.807, 2.05) is 0 Å². The molecule has 0 spiro atoms. The minimum absolute atomic E-state index is 0.0334. The molecule has 2 aromatic rings. The van der Waals surface area contributed by atoms with E-state index in [2.05, 4.69) is 4.98 Å². The minimum Gasteiger partial charge on any atom is -0.476 e. The Bertz CT molecular complexity index is 554. The van der Waals surface area contributed by atoms with Crippen LogP contribution in [0.4, 0.5) is 0 Å². The topological polar surface area (TPSA) is 50.2 Å². The molecule has 6 heteroatoms. The zero-order valence-electron chi connectivity index (χ0n) is 7.78. The number of aromatic nitrogens is 1.